The van der Waals surface area contributed by atoms with E-state index in [4.69, 9.17) is 4.74 Å². The van der Waals surface area contributed by atoms with Gasteiger partial charge in [0, 0.05) is 18.9 Å². The third-order valence-electron chi connectivity index (χ3n) is 4.15. The number of ketones is 1. The van der Waals surface area contributed by atoms with Gasteiger partial charge in [-0.3, -0.25) is 9.69 Å². The summed E-state index contributed by atoms with van der Waals surface area (Å²) in [6, 6.07) is 9.25. The Morgan fingerprint density at radius 2 is 2.10 bits per heavy atom. The summed E-state index contributed by atoms with van der Waals surface area (Å²) >= 11 is 0. The van der Waals surface area contributed by atoms with Crippen molar-refractivity contribution in [2.75, 3.05) is 6.54 Å². The summed E-state index contributed by atoms with van der Waals surface area (Å²) < 4.78 is 5.36. The highest BCUT2D eigenvalue weighted by Gasteiger charge is 2.41. The number of carbonyl (C=O) groups excluding carboxylic acids is 2. The molecular formula is C17H19NO3. The van der Waals surface area contributed by atoms with Gasteiger partial charge in [-0.15, -0.1) is 0 Å². The Balaban J connectivity index is 1.64. The lowest BCUT2D eigenvalue weighted by atomic mass is 9.97. The zero-order valence-electron chi connectivity index (χ0n) is 11.9. The van der Waals surface area contributed by atoms with Gasteiger partial charge in [0.15, 0.2) is 5.78 Å². The fourth-order valence-corrected chi connectivity index (χ4v) is 3.08. The molecule has 1 aliphatic carbocycles. The number of nitrogens with zero attached hydrogens (tertiary/aromatic N) is 1. The molecule has 1 amide bonds. The Hall–Kier alpha value is -2.10. The molecule has 0 radical (unpaired) electrons. The third kappa shape index (κ3) is 2.99. The van der Waals surface area contributed by atoms with Crippen molar-refractivity contribution in [3.63, 3.8) is 0 Å². The molecule has 2 aliphatic rings. The molecule has 110 valence electrons. The Morgan fingerprint density at radius 1 is 1.29 bits per heavy atom. The van der Waals surface area contributed by atoms with Crippen LogP contribution in [0, 0.1) is 5.92 Å². The first kappa shape index (κ1) is 13.9. The summed E-state index contributed by atoms with van der Waals surface area (Å²) in [5, 5.41) is 0. The minimum Gasteiger partial charge on any atom is -0.445 e. The second kappa shape index (κ2) is 6.12. The van der Waals surface area contributed by atoms with Crippen molar-refractivity contribution in [3.8, 4) is 0 Å². The van der Waals surface area contributed by atoms with Crippen LogP contribution in [0.4, 0.5) is 4.79 Å². The van der Waals surface area contributed by atoms with Crippen molar-refractivity contribution in [1.82, 2.24) is 4.90 Å². The lowest BCUT2D eigenvalue weighted by Gasteiger charge is -2.24. The highest BCUT2D eigenvalue weighted by Crippen LogP contribution is 2.30. The first-order valence-corrected chi connectivity index (χ1v) is 7.42. The summed E-state index contributed by atoms with van der Waals surface area (Å²) in [5.41, 5.74) is 0.952. The second-order valence-electron chi connectivity index (χ2n) is 5.56. The lowest BCUT2D eigenvalue weighted by Crippen LogP contribution is -2.42. The van der Waals surface area contributed by atoms with Crippen molar-refractivity contribution < 1.29 is 14.3 Å². The van der Waals surface area contributed by atoms with Crippen molar-refractivity contribution in [2.24, 2.45) is 5.92 Å². The van der Waals surface area contributed by atoms with Crippen LogP contribution in [0.5, 0.6) is 0 Å². The SMILES string of the molecule is O=C1CCC=CC2CCN(C(=O)OCc3ccccc3)C12. The van der Waals surface area contributed by atoms with Crippen LogP contribution < -0.4 is 0 Å². The molecule has 2 unspecified atom stereocenters. The molecule has 2 atom stereocenters. The van der Waals surface area contributed by atoms with Crippen LogP contribution in [0.25, 0.3) is 0 Å². The Morgan fingerprint density at radius 3 is 2.90 bits per heavy atom. The van der Waals surface area contributed by atoms with Gasteiger partial charge in [0.2, 0.25) is 0 Å². The number of likely N-dealkylation sites (tertiary alicyclic amines) is 1. The van der Waals surface area contributed by atoms with Gasteiger partial charge >= 0.3 is 6.09 Å². The number of allylic oxidation sites excluding steroid dienone is 1. The van der Waals surface area contributed by atoms with Gasteiger partial charge < -0.3 is 4.74 Å². The molecular weight excluding hydrogens is 266 g/mol. The maximum atomic E-state index is 12.3. The maximum Gasteiger partial charge on any atom is 0.410 e. The molecule has 4 nitrogen and oxygen atoms in total. The number of Topliss-reactive ketones (excluding diaryl/α,β-unsaturated/α-hetero) is 1. The van der Waals surface area contributed by atoms with Gasteiger partial charge in [0.1, 0.15) is 12.6 Å². The molecule has 1 saturated heterocycles. The zero-order chi connectivity index (χ0) is 14.7. The van der Waals surface area contributed by atoms with E-state index >= 15 is 0 Å². The summed E-state index contributed by atoms with van der Waals surface area (Å²) in [6.45, 7) is 0.844. The smallest absolute Gasteiger partial charge is 0.410 e. The minimum absolute atomic E-state index is 0.152. The third-order valence-corrected chi connectivity index (χ3v) is 4.15. The van der Waals surface area contributed by atoms with E-state index in [0.717, 1.165) is 18.4 Å². The van der Waals surface area contributed by atoms with Gasteiger partial charge in [-0.2, -0.15) is 0 Å². The lowest BCUT2D eigenvalue weighted by molar-refractivity contribution is -0.123. The van der Waals surface area contributed by atoms with Crippen LogP contribution in [-0.2, 0) is 16.1 Å². The van der Waals surface area contributed by atoms with Crippen LogP contribution in [-0.4, -0.2) is 29.4 Å². The molecule has 1 aliphatic heterocycles. The Kier molecular flexibility index (Phi) is 4.04. The molecule has 1 fully saturated rings. The molecule has 0 aromatic heterocycles. The van der Waals surface area contributed by atoms with Crippen molar-refractivity contribution in [2.45, 2.75) is 31.9 Å². The molecule has 4 heteroatoms. The van der Waals surface area contributed by atoms with Crippen molar-refractivity contribution >= 4 is 11.9 Å². The standard InChI is InChI=1S/C17H19NO3/c19-15-9-5-4-8-14-10-11-18(16(14)15)17(20)21-12-13-6-2-1-3-7-13/h1-4,6-8,14,16H,5,9-12H2. The molecule has 1 aromatic rings. The van der Waals surface area contributed by atoms with Crippen LogP contribution in [0.15, 0.2) is 42.5 Å². The molecule has 1 heterocycles. The Bertz CT molecular complexity index is 552. The van der Waals surface area contributed by atoms with E-state index in [1.54, 1.807) is 4.90 Å². The van der Waals surface area contributed by atoms with E-state index in [2.05, 4.69) is 12.2 Å². The van der Waals surface area contributed by atoms with Crippen molar-refractivity contribution in [1.29, 1.82) is 0 Å². The number of amides is 1. The zero-order valence-corrected chi connectivity index (χ0v) is 11.9. The van der Waals surface area contributed by atoms with Crippen molar-refractivity contribution in [3.05, 3.63) is 48.0 Å². The normalized spacial score (nSPS) is 24.6. The number of hydrogen-bond donors (Lipinski definition) is 0. The molecule has 1 aromatic carbocycles. The van der Waals surface area contributed by atoms with Gasteiger partial charge in [0.05, 0.1) is 0 Å². The molecule has 3 rings (SSSR count). The summed E-state index contributed by atoms with van der Waals surface area (Å²) in [4.78, 5) is 26.1. The minimum atomic E-state index is -0.380. The number of carbonyl (C=O) groups is 2. The average Bonchev–Trinajstić information content (AvgIpc) is 2.86. The number of rotatable bonds is 2. The number of hydrogen-bond acceptors (Lipinski definition) is 3. The highest BCUT2D eigenvalue weighted by atomic mass is 16.6. The van der Waals surface area contributed by atoms with Gasteiger partial charge in [-0.1, -0.05) is 42.5 Å². The highest BCUT2D eigenvalue weighted by molar-refractivity contribution is 5.89. The summed E-state index contributed by atoms with van der Waals surface area (Å²) in [7, 11) is 0. The van der Waals surface area contributed by atoms with Gasteiger partial charge in [-0.05, 0) is 18.4 Å². The number of fused-ring (bicyclic) bond motifs is 1. The first-order valence-electron chi connectivity index (χ1n) is 7.42. The fourth-order valence-electron chi connectivity index (χ4n) is 3.08. The predicted molar refractivity (Wildman–Crippen MR) is 78.6 cm³/mol. The van der Waals surface area contributed by atoms with Gasteiger partial charge in [-0.25, -0.2) is 4.79 Å². The number of benzene rings is 1. The monoisotopic (exact) mass is 285 g/mol. The molecule has 0 bridgehead atoms. The van der Waals surface area contributed by atoms with Crippen LogP contribution in [0.2, 0.25) is 0 Å². The van der Waals surface area contributed by atoms with Crippen LogP contribution in [0.3, 0.4) is 0 Å². The van der Waals surface area contributed by atoms with E-state index in [1.165, 1.54) is 0 Å². The van der Waals surface area contributed by atoms with E-state index in [-0.39, 0.29) is 30.4 Å². The topological polar surface area (TPSA) is 46.6 Å². The summed E-state index contributed by atoms with van der Waals surface area (Å²) in [6.07, 6.45) is 5.89. The van der Waals surface area contributed by atoms with Crippen LogP contribution in [0.1, 0.15) is 24.8 Å². The fraction of sp³-hybridized carbons (Fsp3) is 0.412. The molecule has 0 N–H and O–H groups in total. The van der Waals surface area contributed by atoms with Gasteiger partial charge in [0.25, 0.3) is 0 Å². The molecule has 0 saturated carbocycles. The average molecular weight is 285 g/mol. The predicted octanol–water partition coefficient (Wildman–Crippen LogP) is 2.93. The maximum absolute atomic E-state index is 12.3. The van der Waals surface area contributed by atoms with E-state index in [1.807, 2.05) is 30.3 Å². The first-order chi connectivity index (χ1) is 10.3. The Labute approximate surface area is 124 Å². The quantitative estimate of drug-likeness (QED) is 0.785. The largest absolute Gasteiger partial charge is 0.445 e. The van der Waals surface area contributed by atoms with Crippen LogP contribution >= 0.6 is 0 Å². The summed E-state index contributed by atoms with van der Waals surface area (Å²) in [5.74, 6) is 0.309. The van der Waals surface area contributed by atoms with E-state index in [0.29, 0.717) is 13.0 Å². The number of ether oxygens (including phenoxy) is 1. The second-order valence-corrected chi connectivity index (χ2v) is 5.56. The molecule has 21 heavy (non-hydrogen) atoms. The van der Waals surface area contributed by atoms with E-state index in [9.17, 15) is 9.59 Å². The van der Waals surface area contributed by atoms with E-state index < -0.39 is 0 Å². The molecule has 0 spiro atoms.